The van der Waals surface area contributed by atoms with Gasteiger partial charge in [0.1, 0.15) is 18.3 Å². The first-order chi connectivity index (χ1) is 19.0. The van der Waals surface area contributed by atoms with Crippen LogP contribution in [0.15, 0.2) is 77.7 Å². The number of nitrogens with one attached hydrogen (secondary N) is 1. The summed E-state index contributed by atoms with van der Waals surface area (Å²) in [7, 11) is -2.79. The molecule has 3 aromatic rings. The van der Waals surface area contributed by atoms with Gasteiger partial charge in [0.05, 0.1) is 17.7 Å². The Morgan fingerprint density at radius 3 is 2.23 bits per heavy atom. The summed E-state index contributed by atoms with van der Waals surface area (Å²) in [5.74, 6) is -0.681. The van der Waals surface area contributed by atoms with Crippen molar-refractivity contribution >= 4 is 50.7 Å². The van der Waals surface area contributed by atoms with Crippen LogP contribution in [0.1, 0.15) is 32.8 Å². The number of methoxy groups -OCH3 is 1. The molecule has 40 heavy (non-hydrogen) atoms. The average molecular weight is 607 g/mol. The van der Waals surface area contributed by atoms with E-state index >= 15 is 0 Å². The van der Waals surface area contributed by atoms with Crippen LogP contribution in [0.3, 0.4) is 0 Å². The van der Waals surface area contributed by atoms with Crippen LogP contribution in [-0.4, -0.2) is 50.9 Å². The van der Waals surface area contributed by atoms with Crippen molar-refractivity contribution in [1.29, 1.82) is 0 Å². The highest BCUT2D eigenvalue weighted by Crippen LogP contribution is 2.33. The number of carbonyl (C=O) groups is 2. The molecule has 0 heterocycles. The first kappa shape index (κ1) is 31.3. The molecule has 0 spiro atoms. The molecular weight excluding hydrogens is 573 g/mol. The maximum atomic E-state index is 14.1. The number of ether oxygens (including phenoxy) is 1. The van der Waals surface area contributed by atoms with Crippen molar-refractivity contribution in [3.05, 3.63) is 88.4 Å². The van der Waals surface area contributed by atoms with E-state index in [0.29, 0.717) is 15.6 Å². The third-order valence-corrected chi connectivity index (χ3v) is 8.50. The van der Waals surface area contributed by atoms with Crippen molar-refractivity contribution in [2.45, 2.75) is 50.7 Å². The van der Waals surface area contributed by atoms with E-state index in [4.69, 9.17) is 27.9 Å². The van der Waals surface area contributed by atoms with Gasteiger partial charge in [0, 0.05) is 22.6 Å². The number of hydrogen-bond donors (Lipinski definition) is 1. The Hall–Kier alpha value is -3.27. The quantitative estimate of drug-likeness (QED) is 0.293. The first-order valence-corrected chi connectivity index (χ1v) is 14.9. The molecule has 0 aliphatic carbocycles. The molecule has 1 N–H and O–H groups in total. The lowest BCUT2D eigenvalue weighted by molar-refractivity contribution is -0.140. The monoisotopic (exact) mass is 605 g/mol. The van der Waals surface area contributed by atoms with Crippen molar-refractivity contribution in [3.8, 4) is 5.75 Å². The van der Waals surface area contributed by atoms with E-state index in [1.165, 1.54) is 24.1 Å². The van der Waals surface area contributed by atoms with Gasteiger partial charge in [-0.15, -0.1) is 0 Å². The van der Waals surface area contributed by atoms with Crippen molar-refractivity contribution in [3.63, 3.8) is 0 Å². The second kappa shape index (κ2) is 13.9. The Balaban J connectivity index is 2.11. The number of carbonyl (C=O) groups excluding carboxylic acids is 2. The Morgan fingerprint density at radius 1 is 0.975 bits per heavy atom. The van der Waals surface area contributed by atoms with Crippen molar-refractivity contribution in [2.24, 2.45) is 0 Å². The van der Waals surface area contributed by atoms with E-state index in [1.54, 1.807) is 67.6 Å². The highest BCUT2D eigenvalue weighted by Gasteiger charge is 2.35. The predicted octanol–water partition coefficient (Wildman–Crippen LogP) is 5.53. The van der Waals surface area contributed by atoms with Crippen LogP contribution in [0.2, 0.25) is 10.0 Å². The molecule has 0 fully saturated rings. The summed E-state index contributed by atoms with van der Waals surface area (Å²) < 4.78 is 34.3. The van der Waals surface area contributed by atoms with Gasteiger partial charge >= 0.3 is 0 Å². The summed E-state index contributed by atoms with van der Waals surface area (Å²) in [5.41, 5.74) is 0.747. The van der Waals surface area contributed by atoms with Gasteiger partial charge in [-0.25, -0.2) is 8.42 Å². The normalized spacial score (nSPS) is 12.1. The van der Waals surface area contributed by atoms with Crippen LogP contribution in [0, 0.1) is 0 Å². The molecule has 0 aliphatic rings. The summed E-state index contributed by atoms with van der Waals surface area (Å²) >= 11 is 12.5. The van der Waals surface area contributed by atoms with Crippen LogP contribution in [-0.2, 0) is 26.2 Å². The van der Waals surface area contributed by atoms with Crippen LogP contribution >= 0.6 is 23.2 Å². The van der Waals surface area contributed by atoms with E-state index in [-0.39, 0.29) is 41.2 Å². The Labute approximate surface area is 245 Å². The van der Waals surface area contributed by atoms with Gasteiger partial charge in [-0.3, -0.25) is 13.9 Å². The second-order valence-electron chi connectivity index (χ2n) is 9.34. The van der Waals surface area contributed by atoms with Crippen LogP contribution in [0.5, 0.6) is 5.75 Å². The van der Waals surface area contributed by atoms with E-state index in [0.717, 1.165) is 4.31 Å². The molecule has 0 aliphatic heterocycles. The fraction of sp³-hybridized carbons (Fsp3) is 0.310. The van der Waals surface area contributed by atoms with Gasteiger partial charge < -0.3 is 15.0 Å². The molecule has 0 saturated heterocycles. The van der Waals surface area contributed by atoms with Crippen molar-refractivity contribution < 1.29 is 22.7 Å². The van der Waals surface area contributed by atoms with E-state index in [2.05, 4.69) is 5.32 Å². The minimum Gasteiger partial charge on any atom is -0.495 e. The van der Waals surface area contributed by atoms with Gasteiger partial charge in [-0.05, 0) is 62.2 Å². The number of benzene rings is 3. The molecule has 0 unspecified atom stereocenters. The van der Waals surface area contributed by atoms with Gasteiger partial charge in [0.25, 0.3) is 10.0 Å². The van der Waals surface area contributed by atoms with E-state index in [1.807, 2.05) is 13.8 Å². The highest BCUT2D eigenvalue weighted by molar-refractivity contribution is 7.92. The molecule has 0 saturated carbocycles. The molecule has 11 heteroatoms. The lowest BCUT2D eigenvalue weighted by atomic mass is 10.1. The van der Waals surface area contributed by atoms with Gasteiger partial charge in [-0.1, -0.05) is 66.5 Å². The maximum absolute atomic E-state index is 14.1. The molecule has 214 valence electrons. The number of anilines is 1. The van der Waals surface area contributed by atoms with Crippen LogP contribution in [0.25, 0.3) is 0 Å². The number of para-hydroxylation sites is 2. The lowest BCUT2D eigenvalue weighted by Gasteiger charge is -2.34. The summed E-state index contributed by atoms with van der Waals surface area (Å²) in [5, 5.41) is 3.60. The molecule has 8 nitrogen and oxygen atoms in total. The third-order valence-electron chi connectivity index (χ3n) is 6.14. The highest BCUT2D eigenvalue weighted by atomic mass is 35.5. The van der Waals surface area contributed by atoms with Gasteiger partial charge in [-0.2, -0.15) is 0 Å². The molecule has 0 aromatic heterocycles. The molecule has 3 aromatic carbocycles. The number of amides is 2. The Bertz CT molecular complexity index is 1430. The summed E-state index contributed by atoms with van der Waals surface area (Å²) in [6.07, 6.45) is 0.287. The Morgan fingerprint density at radius 2 is 1.62 bits per heavy atom. The fourth-order valence-electron chi connectivity index (χ4n) is 4.20. The van der Waals surface area contributed by atoms with Crippen molar-refractivity contribution in [2.75, 3.05) is 18.0 Å². The van der Waals surface area contributed by atoms with Gasteiger partial charge in [0.15, 0.2) is 0 Å². The summed E-state index contributed by atoms with van der Waals surface area (Å²) in [6, 6.07) is 18.2. The zero-order valence-corrected chi connectivity index (χ0v) is 25.1. The molecule has 0 bridgehead atoms. The SMILES string of the molecule is CC[C@H](C(=O)NC(C)C)N(Cc1ccc(Cl)cc1Cl)C(=O)CN(c1ccccc1OC)S(=O)(=O)c1ccccc1. The summed E-state index contributed by atoms with van der Waals surface area (Å²) in [4.78, 5) is 28.7. The fourth-order valence-corrected chi connectivity index (χ4v) is 6.12. The number of rotatable bonds is 12. The lowest BCUT2D eigenvalue weighted by Crippen LogP contribution is -2.53. The minimum atomic E-state index is -4.21. The third kappa shape index (κ3) is 7.47. The first-order valence-electron chi connectivity index (χ1n) is 12.7. The van der Waals surface area contributed by atoms with Crippen LogP contribution in [0.4, 0.5) is 5.69 Å². The maximum Gasteiger partial charge on any atom is 0.264 e. The molecule has 0 radical (unpaired) electrons. The number of sulfonamides is 1. The van der Waals surface area contributed by atoms with E-state index in [9.17, 15) is 18.0 Å². The largest absolute Gasteiger partial charge is 0.495 e. The smallest absolute Gasteiger partial charge is 0.264 e. The zero-order valence-electron chi connectivity index (χ0n) is 22.8. The Kier molecular flexibility index (Phi) is 10.8. The number of halogens is 2. The average Bonchev–Trinajstić information content (AvgIpc) is 2.92. The zero-order chi connectivity index (χ0) is 29.4. The molecule has 1 atom stereocenters. The topological polar surface area (TPSA) is 96.0 Å². The van der Waals surface area contributed by atoms with Gasteiger partial charge in [0.2, 0.25) is 11.8 Å². The number of hydrogen-bond acceptors (Lipinski definition) is 5. The molecule has 3 rings (SSSR count). The van der Waals surface area contributed by atoms with Crippen molar-refractivity contribution in [1.82, 2.24) is 10.2 Å². The standard InChI is InChI=1S/C29H33Cl2N3O5S/c1-5-25(29(36)32-20(2)3)33(18-21-15-16-22(30)17-24(21)31)28(35)19-34(26-13-9-10-14-27(26)39-4)40(37,38)23-11-7-6-8-12-23/h6-17,20,25H,5,18-19H2,1-4H3,(H,32,36)/t25-/m1/s1. The summed E-state index contributed by atoms with van der Waals surface area (Å²) in [6.45, 7) is 4.80. The minimum absolute atomic E-state index is 0.00518. The second-order valence-corrected chi connectivity index (χ2v) is 12.0. The van der Waals surface area contributed by atoms with Crippen LogP contribution < -0.4 is 14.4 Å². The molecular formula is C29H33Cl2N3O5S. The molecule has 2 amide bonds. The predicted molar refractivity (Wildman–Crippen MR) is 158 cm³/mol. The number of nitrogens with zero attached hydrogens (tertiary/aromatic N) is 2. The van der Waals surface area contributed by atoms with E-state index < -0.39 is 28.5 Å².